The molecular formula is C22H29N9O2. The maximum atomic E-state index is 5.61. The van der Waals surface area contributed by atoms with E-state index in [0.717, 1.165) is 40.7 Å². The van der Waals surface area contributed by atoms with Crippen LogP contribution in [0.5, 0.6) is 0 Å². The minimum absolute atomic E-state index is 0.0323. The van der Waals surface area contributed by atoms with Crippen molar-refractivity contribution in [3.63, 3.8) is 0 Å². The molecule has 0 amide bonds. The van der Waals surface area contributed by atoms with Crippen molar-refractivity contribution in [1.29, 1.82) is 0 Å². The van der Waals surface area contributed by atoms with Gasteiger partial charge in [0.05, 0.1) is 43.6 Å². The van der Waals surface area contributed by atoms with Crippen molar-refractivity contribution in [2.45, 2.75) is 32.9 Å². The summed E-state index contributed by atoms with van der Waals surface area (Å²) in [4.78, 5) is 16.8. The number of methoxy groups -OCH3 is 1. The van der Waals surface area contributed by atoms with Crippen molar-refractivity contribution in [2.24, 2.45) is 0 Å². The third-order valence-electron chi connectivity index (χ3n) is 6.10. The Kier molecular flexibility index (Phi) is 5.59. The summed E-state index contributed by atoms with van der Waals surface area (Å²) in [5, 5.41) is 11.6. The van der Waals surface area contributed by atoms with E-state index in [4.69, 9.17) is 24.4 Å². The minimum atomic E-state index is 0.0323. The van der Waals surface area contributed by atoms with Crippen molar-refractivity contribution < 1.29 is 9.47 Å². The van der Waals surface area contributed by atoms with Crippen LogP contribution in [-0.4, -0.2) is 80.7 Å². The molecule has 2 unspecified atom stereocenters. The summed E-state index contributed by atoms with van der Waals surface area (Å²) in [6, 6.07) is 2.40. The normalized spacial score (nSPS) is 17.7. The van der Waals surface area contributed by atoms with Gasteiger partial charge in [0.15, 0.2) is 11.6 Å². The second-order valence-electron chi connectivity index (χ2n) is 8.42. The van der Waals surface area contributed by atoms with E-state index < -0.39 is 0 Å². The average molecular weight is 452 g/mol. The number of aromatic nitrogens is 7. The summed E-state index contributed by atoms with van der Waals surface area (Å²) in [5.74, 6) is 3.09. The van der Waals surface area contributed by atoms with Crippen molar-refractivity contribution in [3.05, 3.63) is 24.3 Å². The number of nitrogens with zero attached hydrogens (tertiary/aromatic N) is 8. The van der Waals surface area contributed by atoms with Crippen molar-refractivity contribution in [2.75, 3.05) is 50.7 Å². The molecule has 0 radical (unpaired) electrons. The number of ether oxygens (including phenoxy) is 2. The first-order chi connectivity index (χ1) is 16.0. The van der Waals surface area contributed by atoms with Gasteiger partial charge in [0, 0.05) is 33.0 Å². The van der Waals surface area contributed by atoms with Crippen LogP contribution in [0.2, 0.25) is 0 Å². The van der Waals surface area contributed by atoms with Crippen LogP contribution in [0.1, 0.15) is 25.7 Å². The molecule has 0 aromatic carbocycles. The van der Waals surface area contributed by atoms with E-state index in [1.165, 1.54) is 0 Å². The number of nitrogens with one attached hydrogen (secondary N) is 1. The fraction of sp³-hybridized carbons (Fsp3) is 0.500. The molecule has 1 N–H and O–H groups in total. The molecule has 1 aliphatic heterocycles. The van der Waals surface area contributed by atoms with Crippen LogP contribution in [0, 0.1) is 6.92 Å². The number of morpholine rings is 1. The summed E-state index contributed by atoms with van der Waals surface area (Å²) in [6.07, 6.45) is 3.77. The lowest BCUT2D eigenvalue weighted by Crippen LogP contribution is -2.44. The van der Waals surface area contributed by atoms with Gasteiger partial charge in [-0.15, -0.1) is 10.2 Å². The van der Waals surface area contributed by atoms with Gasteiger partial charge in [0.25, 0.3) is 0 Å². The van der Waals surface area contributed by atoms with E-state index in [1.54, 1.807) is 7.11 Å². The van der Waals surface area contributed by atoms with Crippen LogP contribution >= 0.6 is 0 Å². The fourth-order valence-corrected chi connectivity index (χ4v) is 4.44. The number of hydrogen-bond donors (Lipinski definition) is 1. The fourth-order valence-electron chi connectivity index (χ4n) is 4.44. The van der Waals surface area contributed by atoms with Gasteiger partial charge in [-0.1, -0.05) is 0 Å². The highest BCUT2D eigenvalue weighted by atomic mass is 16.5. The molecule has 0 saturated carbocycles. The van der Waals surface area contributed by atoms with Gasteiger partial charge in [-0.2, -0.15) is 0 Å². The molecule has 0 bridgehead atoms. The van der Waals surface area contributed by atoms with Crippen LogP contribution in [0.25, 0.3) is 28.2 Å². The van der Waals surface area contributed by atoms with E-state index in [2.05, 4.69) is 44.9 Å². The van der Waals surface area contributed by atoms with Crippen molar-refractivity contribution in [3.8, 4) is 11.5 Å². The Balaban J connectivity index is 1.71. The number of fused-ring (bicyclic) bond motifs is 2. The molecule has 1 aliphatic rings. The number of hydrogen-bond acceptors (Lipinski definition) is 9. The largest absolute Gasteiger partial charge is 0.383 e. The Morgan fingerprint density at radius 1 is 1.30 bits per heavy atom. The van der Waals surface area contributed by atoms with Gasteiger partial charge in [-0.25, -0.2) is 15.0 Å². The van der Waals surface area contributed by atoms with Crippen LogP contribution in [0.4, 0.5) is 11.6 Å². The lowest BCUT2D eigenvalue weighted by Gasteiger charge is -2.34. The Morgan fingerprint density at radius 2 is 2.15 bits per heavy atom. The minimum Gasteiger partial charge on any atom is -0.383 e. The van der Waals surface area contributed by atoms with E-state index in [1.807, 2.05) is 30.8 Å². The van der Waals surface area contributed by atoms with E-state index in [-0.39, 0.29) is 12.1 Å². The van der Waals surface area contributed by atoms with E-state index >= 15 is 0 Å². The zero-order valence-corrected chi connectivity index (χ0v) is 19.6. The Hall–Kier alpha value is -3.31. The molecule has 0 aliphatic carbocycles. The second kappa shape index (κ2) is 8.56. The van der Waals surface area contributed by atoms with Crippen LogP contribution in [0.15, 0.2) is 18.5 Å². The SMILES string of the molecule is CNc1nc(-c2nc3cnc(N4CCOCC4C)cc3n2C(C)COC)cn2c(C)nnc12. The third-order valence-corrected chi connectivity index (χ3v) is 6.10. The van der Waals surface area contributed by atoms with E-state index in [9.17, 15) is 0 Å². The first kappa shape index (κ1) is 21.5. The Bertz CT molecular complexity index is 1300. The number of pyridine rings is 1. The maximum absolute atomic E-state index is 5.61. The molecule has 4 aromatic rings. The predicted octanol–water partition coefficient (Wildman–Crippen LogP) is 2.32. The summed E-state index contributed by atoms with van der Waals surface area (Å²) in [5.41, 5.74) is 3.20. The quantitative estimate of drug-likeness (QED) is 0.472. The zero-order valence-electron chi connectivity index (χ0n) is 19.6. The Labute approximate surface area is 191 Å². The van der Waals surface area contributed by atoms with Crippen LogP contribution in [-0.2, 0) is 9.47 Å². The molecule has 33 heavy (non-hydrogen) atoms. The second-order valence-corrected chi connectivity index (χ2v) is 8.42. The summed E-state index contributed by atoms with van der Waals surface area (Å²) in [7, 11) is 3.54. The third kappa shape index (κ3) is 3.66. The highest BCUT2D eigenvalue weighted by Gasteiger charge is 2.24. The lowest BCUT2D eigenvalue weighted by molar-refractivity contribution is 0.0985. The highest BCUT2D eigenvalue weighted by Crippen LogP contribution is 2.31. The van der Waals surface area contributed by atoms with Crippen molar-refractivity contribution >= 4 is 28.3 Å². The van der Waals surface area contributed by atoms with Gasteiger partial charge < -0.3 is 24.3 Å². The molecule has 174 valence electrons. The van der Waals surface area contributed by atoms with Crippen LogP contribution < -0.4 is 10.2 Å². The predicted molar refractivity (Wildman–Crippen MR) is 126 cm³/mol. The number of imidazole rings is 1. The molecular weight excluding hydrogens is 422 g/mol. The number of rotatable bonds is 6. The smallest absolute Gasteiger partial charge is 0.203 e. The van der Waals surface area contributed by atoms with Gasteiger partial charge >= 0.3 is 0 Å². The molecule has 0 spiro atoms. The van der Waals surface area contributed by atoms with E-state index in [0.29, 0.717) is 31.3 Å². The molecule has 2 atom stereocenters. The summed E-state index contributed by atoms with van der Waals surface area (Å²) in [6.45, 7) is 8.93. The van der Waals surface area contributed by atoms with Crippen molar-refractivity contribution in [1.82, 2.24) is 34.1 Å². The number of anilines is 2. The lowest BCUT2D eigenvalue weighted by atomic mass is 10.2. The molecule has 4 aromatic heterocycles. The Morgan fingerprint density at radius 3 is 2.91 bits per heavy atom. The molecule has 1 fully saturated rings. The standard InChI is InChI=1S/C22H29N9O2/c1-13-12-33-7-6-29(13)19-8-18-16(9-24-19)26-21(31(18)14(2)11-32-5)17-10-30-15(3)27-28-22(30)20(23-4)25-17/h8-10,13-14H,6-7,11-12H2,1-5H3,(H,23,25). The first-order valence-electron chi connectivity index (χ1n) is 11.1. The summed E-state index contributed by atoms with van der Waals surface area (Å²) >= 11 is 0. The summed E-state index contributed by atoms with van der Waals surface area (Å²) < 4.78 is 15.2. The van der Waals surface area contributed by atoms with Gasteiger partial charge in [-0.3, -0.25) is 4.40 Å². The molecule has 11 nitrogen and oxygen atoms in total. The first-order valence-corrected chi connectivity index (χ1v) is 11.1. The van der Waals surface area contributed by atoms with Gasteiger partial charge in [-0.05, 0) is 20.8 Å². The van der Waals surface area contributed by atoms with Gasteiger partial charge in [0.1, 0.15) is 22.9 Å². The molecule has 11 heteroatoms. The zero-order chi connectivity index (χ0) is 23.1. The van der Waals surface area contributed by atoms with Gasteiger partial charge in [0.2, 0.25) is 5.65 Å². The maximum Gasteiger partial charge on any atom is 0.203 e. The molecule has 5 heterocycles. The molecule has 1 saturated heterocycles. The monoisotopic (exact) mass is 451 g/mol. The highest BCUT2D eigenvalue weighted by molar-refractivity contribution is 5.82. The molecule has 5 rings (SSSR count). The number of aryl methyl sites for hydroxylation is 1. The van der Waals surface area contributed by atoms with Crippen LogP contribution in [0.3, 0.4) is 0 Å². The average Bonchev–Trinajstić information content (AvgIpc) is 3.39. The topological polar surface area (TPSA) is 108 Å².